The van der Waals surface area contributed by atoms with Crippen LogP contribution in [0.25, 0.3) is 11.0 Å². The van der Waals surface area contributed by atoms with Crippen molar-refractivity contribution < 1.29 is 23.5 Å². The van der Waals surface area contributed by atoms with E-state index in [0.717, 1.165) is 0 Å². The molecule has 1 unspecified atom stereocenters. The normalized spacial score (nSPS) is 11.8. The number of rotatable bonds is 5. The van der Waals surface area contributed by atoms with Gasteiger partial charge in [-0.2, -0.15) is 0 Å². The van der Waals surface area contributed by atoms with E-state index in [1.807, 2.05) is 0 Å². The molecule has 0 fully saturated rings. The van der Waals surface area contributed by atoms with Crippen LogP contribution in [0, 0.1) is 0 Å². The number of ketones is 1. The zero-order chi connectivity index (χ0) is 18.7. The molecule has 0 saturated heterocycles. The Bertz CT molecular complexity index is 1020. The number of carbonyl (C=O) groups is 2. The molecule has 0 radical (unpaired) electrons. The average molecular weight is 352 g/mol. The summed E-state index contributed by atoms with van der Waals surface area (Å²) in [6.07, 6.45) is -1.05. The van der Waals surface area contributed by atoms with Crippen molar-refractivity contribution in [2.24, 2.45) is 0 Å². The van der Waals surface area contributed by atoms with Crippen molar-refractivity contribution in [1.82, 2.24) is 0 Å². The van der Waals surface area contributed by atoms with E-state index in [4.69, 9.17) is 13.9 Å². The van der Waals surface area contributed by atoms with Crippen LogP contribution in [-0.4, -0.2) is 25.0 Å². The lowest BCUT2D eigenvalue weighted by atomic mass is 10.1. The first-order valence-corrected chi connectivity index (χ1v) is 7.91. The minimum atomic E-state index is -1.05. The maximum Gasteiger partial charge on any atom is 0.351 e. The number of para-hydroxylation sites is 1. The summed E-state index contributed by atoms with van der Waals surface area (Å²) >= 11 is 0. The minimum Gasteiger partial charge on any atom is -0.497 e. The molecule has 132 valence electrons. The summed E-state index contributed by atoms with van der Waals surface area (Å²) in [7, 11) is 1.52. The highest BCUT2D eigenvalue weighted by Gasteiger charge is 2.23. The monoisotopic (exact) mass is 352 g/mol. The van der Waals surface area contributed by atoms with Crippen molar-refractivity contribution in [3.05, 3.63) is 76.1 Å². The topological polar surface area (TPSA) is 82.8 Å². The Morgan fingerprint density at radius 2 is 1.73 bits per heavy atom. The Kier molecular flexibility index (Phi) is 4.84. The first kappa shape index (κ1) is 17.4. The lowest BCUT2D eigenvalue weighted by Crippen LogP contribution is -2.27. The molecule has 0 saturated carbocycles. The van der Waals surface area contributed by atoms with Crippen LogP contribution < -0.4 is 10.4 Å². The van der Waals surface area contributed by atoms with Gasteiger partial charge in [0.2, 0.25) is 5.78 Å². The van der Waals surface area contributed by atoms with Crippen molar-refractivity contribution in [1.29, 1.82) is 0 Å². The van der Waals surface area contributed by atoms with E-state index in [1.165, 1.54) is 20.1 Å². The molecule has 0 aliphatic heterocycles. The highest BCUT2D eigenvalue weighted by atomic mass is 16.5. The lowest BCUT2D eigenvalue weighted by molar-refractivity contribution is 0.0315. The zero-order valence-electron chi connectivity index (χ0n) is 14.2. The van der Waals surface area contributed by atoms with Crippen LogP contribution in [0.15, 0.2) is 63.8 Å². The van der Waals surface area contributed by atoms with E-state index in [-0.39, 0.29) is 11.3 Å². The second-order valence-electron chi connectivity index (χ2n) is 5.63. The second-order valence-corrected chi connectivity index (χ2v) is 5.63. The lowest BCUT2D eigenvalue weighted by Gasteiger charge is -2.12. The summed E-state index contributed by atoms with van der Waals surface area (Å²) in [5, 5.41) is 0.591. The van der Waals surface area contributed by atoms with Gasteiger partial charge in [0.25, 0.3) is 0 Å². The van der Waals surface area contributed by atoms with Crippen molar-refractivity contribution in [2.45, 2.75) is 13.0 Å². The number of Topliss-reactive ketones (excluding diaryl/α,β-unsaturated/α-hetero) is 1. The van der Waals surface area contributed by atoms with Crippen LogP contribution in [0.3, 0.4) is 0 Å². The Labute approximate surface area is 149 Å². The molecular formula is C20H16O6. The van der Waals surface area contributed by atoms with Gasteiger partial charge < -0.3 is 13.9 Å². The summed E-state index contributed by atoms with van der Waals surface area (Å²) in [6.45, 7) is 1.45. The van der Waals surface area contributed by atoms with Gasteiger partial charge in [-0.25, -0.2) is 9.59 Å². The van der Waals surface area contributed by atoms with Gasteiger partial charge in [-0.05, 0) is 43.3 Å². The van der Waals surface area contributed by atoms with Gasteiger partial charge in [0.15, 0.2) is 6.10 Å². The highest BCUT2D eigenvalue weighted by molar-refractivity contribution is 6.01. The van der Waals surface area contributed by atoms with Crippen LogP contribution in [-0.2, 0) is 4.74 Å². The third kappa shape index (κ3) is 3.49. The summed E-state index contributed by atoms with van der Waals surface area (Å²) in [5.74, 6) is -0.676. The van der Waals surface area contributed by atoms with Crippen LogP contribution >= 0.6 is 0 Å². The fourth-order valence-corrected chi connectivity index (χ4v) is 2.47. The fraction of sp³-hybridized carbons (Fsp3) is 0.150. The van der Waals surface area contributed by atoms with Crippen LogP contribution in [0.1, 0.15) is 27.6 Å². The van der Waals surface area contributed by atoms with E-state index in [1.54, 1.807) is 48.5 Å². The smallest absolute Gasteiger partial charge is 0.351 e. The number of fused-ring (bicyclic) bond motifs is 1. The molecule has 0 aliphatic rings. The standard InChI is InChI=1S/C20H16O6/c1-12(18(21)13-7-9-15(24-2)10-8-13)25-19(22)16-11-14-5-3-4-6-17(14)26-20(16)23/h3-12H,1-2H3. The number of benzene rings is 2. The van der Waals surface area contributed by atoms with Crippen molar-refractivity contribution in [3.8, 4) is 5.75 Å². The molecular weight excluding hydrogens is 336 g/mol. The van der Waals surface area contributed by atoms with Crippen molar-refractivity contribution in [2.75, 3.05) is 7.11 Å². The second kappa shape index (κ2) is 7.23. The summed E-state index contributed by atoms with van der Waals surface area (Å²) in [5.41, 5.74) is -0.316. The predicted molar refractivity (Wildman–Crippen MR) is 94.7 cm³/mol. The minimum absolute atomic E-state index is 0.252. The van der Waals surface area contributed by atoms with Crippen molar-refractivity contribution >= 4 is 22.7 Å². The molecule has 0 bridgehead atoms. The van der Waals surface area contributed by atoms with E-state index in [0.29, 0.717) is 22.3 Å². The maximum atomic E-state index is 12.4. The Morgan fingerprint density at radius 1 is 1.04 bits per heavy atom. The zero-order valence-corrected chi connectivity index (χ0v) is 14.2. The molecule has 3 aromatic rings. The third-order valence-corrected chi connectivity index (χ3v) is 3.89. The molecule has 3 rings (SSSR count). The van der Waals surface area contributed by atoms with Crippen molar-refractivity contribution in [3.63, 3.8) is 0 Å². The Balaban J connectivity index is 1.79. The molecule has 1 heterocycles. The fourth-order valence-electron chi connectivity index (χ4n) is 2.47. The number of hydrogen-bond donors (Lipinski definition) is 0. The molecule has 0 N–H and O–H groups in total. The van der Waals surface area contributed by atoms with E-state index in [9.17, 15) is 14.4 Å². The summed E-state index contributed by atoms with van der Waals surface area (Å²) in [6, 6.07) is 14.6. The maximum absolute atomic E-state index is 12.4. The van der Waals surface area contributed by atoms with Gasteiger partial charge in [0, 0.05) is 10.9 Å². The van der Waals surface area contributed by atoms with Crippen LogP contribution in [0.4, 0.5) is 0 Å². The van der Waals surface area contributed by atoms with Gasteiger partial charge >= 0.3 is 11.6 Å². The molecule has 1 atom stereocenters. The summed E-state index contributed by atoms with van der Waals surface area (Å²) in [4.78, 5) is 36.7. The van der Waals surface area contributed by atoms with E-state index in [2.05, 4.69) is 0 Å². The third-order valence-electron chi connectivity index (χ3n) is 3.89. The summed E-state index contributed by atoms with van der Waals surface area (Å²) < 4.78 is 15.3. The van der Waals surface area contributed by atoms with E-state index >= 15 is 0 Å². The molecule has 6 nitrogen and oxygen atoms in total. The molecule has 6 heteroatoms. The SMILES string of the molecule is COc1ccc(C(=O)C(C)OC(=O)c2cc3ccccc3oc2=O)cc1. The molecule has 2 aromatic carbocycles. The quantitative estimate of drug-likeness (QED) is 0.398. The number of carbonyl (C=O) groups excluding carboxylic acids is 2. The number of esters is 1. The first-order chi connectivity index (χ1) is 12.5. The number of ether oxygens (including phenoxy) is 2. The molecule has 1 aromatic heterocycles. The molecule has 0 spiro atoms. The largest absolute Gasteiger partial charge is 0.497 e. The van der Waals surface area contributed by atoms with Gasteiger partial charge in [0.1, 0.15) is 16.9 Å². The van der Waals surface area contributed by atoms with E-state index < -0.39 is 17.7 Å². The molecule has 26 heavy (non-hydrogen) atoms. The van der Waals surface area contributed by atoms with Gasteiger partial charge in [-0.15, -0.1) is 0 Å². The molecule has 0 aliphatic carbocycles. The average Bonchev–Trinajstić information content (AvgIpc) is 2.66. The van der Waals surface area contributed by atoms with Crippen LogP contribution in [0.5, 0.6) is 5.75 Å². The molecule has 0 amide bonds. The number of methoxy groups -OCH3 is 1. The van der Waals surface area contributed by atoms with Gasteiger partial charge in [-0.1, -0.05) is 18.2 Å². The predicted octanol–water partition coefficient (Wildman–Crippen LogP) is 3.23. The Morgan fingerprint density at radius 3 is 2.42 bits per heavy atom. The Hall–Kier alpha value is -3.41. The number of hydrogen-bond acceptors (Lipinski definition) is 6. The van der Waals surface area contributed by atoms with Crippen LogP contribution in [0.2, 0.25) is 0 Å². The van der Waals surface area contributed by atoms with Gasteiger partial charge in [-0.3, -0.25) is 4.79 Å². The highest BCUT2D eigenvalue weighted by Crippen LogP contribution is 2.16. The first-order valence-electron chi connectivity index (χ1n) is 7.91. The van der Waals surface area contributed by atoms with Gasteiger partial charge in [0.05, 0.1) is 7.11 Å².